The topological polar surface area (TPSA) is 90.7 Å². The average Bonchev–Trinajstić information content (AvgIpc) is 2.57. The van der Waals surface area contributed by atoms with E-state index in [2.05, 4.69) is 10.1 Å². The number of carbonyl (C=O) groups is 2. The van der Waals surface area contributed by atoms with E-state index < -0.39 is 16.8 Å². The second-order valence-electron chi connectivity index (χ2n) is 5.51. The Morgan fingerprint density at radius 2 is 1.87 bits per heavy atom. The van der Waals surface area contributed by atoms with Gasteiger partial charge in [-0.25, -0.2) is 0 Å². The summed E-state index contributed by atoms with van der Waals surface area (Å²) >= 11 is 1.58. The average molecular weight is 340 g/mol. The van der Waals surface area contributed by atoms with E-state index in [4.69, 9.17) is 10.5 Å². The third-order valence-electron chi connectivity index (χ3n) is 3.44. The predicted molar refractivity (Wildman–Crippen MR) is 91.4 cm³/mol. The van der Waals surface area contributed by atoms with Crippen molar-refractivity contribution in [2.75, 3.05) is 20.8 Å². The number of benzene rings is 1. The van der Waals surface area contributed by atoms with Crippen LogP contribution in [0.1, 0.15) is 19.4 Å². The zero-order chi connectivity index (χ0) is 17.5. The van der Waals surface area contributed by atoms with Crippen molar-refractivity contribution in [3.8, 4) is 5.75 Å². The van der Waals surface area contributed by atoms with Gasteiger partial charge >= 0.3 is 5.97 Å². The van der Waals surface area contributed by atoms with E-state index in [1.54, 1.807) is 18.9 Å². The number of nitrogens with two attached hydrogens (primary N) is 1. The monoisotopic (exact) mass is 340 g/mol. The summed E-state index contributed by atoms with van der Waals surface area (Å²) in [7, 11) is 2.89. The van der Waals surface area contributed by atoms with Gasteiger partial charge in [-0.1, -0.05) is 12.1 Å². The molecule has 0 aromatic heterocycles. The molecule has 0 fully saturated rings. The van der Waals surface area contributed by atoms with Crippen LogP contribution >= 0.6 is 11.8 Å². The zero-order valence-electron chi connectivity index (χ0n) is 13.9. The minimum absolute atomic E-state index is 0.178. The van der Waals surface area contributed by atoms with E-state index in [0.29, 0.717) is 0 Å². The van der Waals surface area contributed by atoms with Crippen LogP contribution in [0.25, 0.3) is 0 Å². The fourth-order valence-corrected chi connectivity index (χ4v) is 2.76. The molecular weight excluding hydrogens is 316 g/mol. The van der Waals surface area contributed by atoms with Crippen molar-refractivity contribution in [1.82, 2.24) is 5.32 Å². The molecule has 1 unspecified atom stereocenters. The molecule has 1 aromatic carbocycles. The Kier molecular flexibility index (Phi) is 7.38. The lowest BCUT2D eigenvalue weighted by atomic mass is 10.0. The number of amides is 1. The lowest BCUT2D eigenvalue weighted by Crippen LogP contribution is -2.52. The second-order valence-corrected chi connectivity index (χ2v) is 7.14. The summed E-state index contributed by atoms with van der Waals surface area (Å²) in [4.78, 5) is 23.1. The smallest absolute Gasteiger partial charge is 0.325 e. The molecule has 1 aromatic rings. The van der Waals surface area contributed by atoms with Crippen molar-refractivity contribution in [1.29, 1.82) is 0 Å². The van der Waals surface area contributed by atoms with Gasteiger partial charge in [0.2, 0.25) is 5.91 Å². The Hall–Kier alpha value is -1.73. The maximum atomic E-state index is 12.0. The standard InChI is InChI=1S/C16H24N2O4S/c1-16(2,14(17)15(20)18-9-13(19)22-4)23-10-11-5-7-12(21-3)8-6-11/h5-8,14H,9-10,17H2,1-4H3,(H,18,20). The van der Waals surface area contributed by atoms with Crippen molar-refractivity contribution in [2.24, 2.45) is 5.73 Å². The summed E-state index contributed by atoms with van der Waals surface area (Å²) in [6.07, 6.45) is 0. The van der Waals surface area contributed by atoms with Crippen LogP contribution in [0.2, 0.25) is 0 Å². The number of thioether (sulfide) groups is 1. The van der Waals surface area contributed by atoms with Crippen LogP contribution in [0.4, 0.5) is 0 Å². The van der Waals surface area contributed by atoms with Gasteiger partial charge in [-0.05, 0) is 31.5 Å². The summed E-state index contributed by atoms with van der Waals surface area (Å²) < 4.78 is 9.12. The highest BCUT2D eigenvalue weighted by Crippen LogP contribution is 2.31. The van der Waals surface area contributed by atoms with Crippen LogP contribution in [-0.2, 0) is 20.1 Å². The number of esters is 1. The van der Waals surface area contributed by atoms with Crippen molar-refractivity contribution in [3.05, 3.63) is 29.8 Å². The fraction of sp³-hybridized carbons (Fsp3) is 0.500. The molecule has 6 nitrogen and oxygen atoms in total. The molecule has 23 heavy (non-hydrogen) atoms. The Morgan fingerprint density at radius 1 is 1.26 bits per heavy atom. The van der Waals surface area contributed by atoms with Crippen molar-refractivity contribution < 1.29 is 19.1 Å². The first-order valence-electron chi connectivity index (χ1n) is 7.17. The Morgan fingerprint density at radius 3 is 2.39 bits per heavy atom. The summed E-state index contributed by atoms with van der Waals surface area (Å²) in [5.41, 5.74) is 7.14. The van der Waals surface area contributed by atoms with Crippen molar-refractivity contribution in [2.45, 2.75) is 30.4 Å². The summed E-state index contributed by atoms with van der Waals surface area (Å²) in [5, 5.41) is 2.48. The highest BCUT2D eigenvalue weighted by molar-refractivity contribution is 7.99. The van der Waals surface area contributed by atoms with Crippen LogP contribution in [0.5, 0.6) is 5.75 Å². The van der Waals surface area contributed by atoms with E-state index in [1.165, 1.54) is 7.11 Å². The van der Waals surface area contributed by atoms with Crippen LogP contribution in [0, 0.1) is 0 Å². The SMILES string of the molecule is COC(=O)CNC(=O)C(N)C(C)(C)SCc1ccc(OC)cc1. The molecule has 0 saturated carbocycles. The van der Waals surface area contributed by atoms with Crippen LogP contribution < -0.4 is 15.8 Å². The highest BCUT2D eigenvalue weighted by Gasteiger charge is 2.32. The molecule has 0 aliphatic carbocycles. The molecule has 1 rings (SSSR count). The molecule has 128 valence electrons. The molecule has 1 amide bonds. The lowest BCUT2D eigenvalue weighted by Gasteiger charge is -2.30. The highest BCUT2D eigenvalue weighted by atomic mass is 32.2. The van der Waals surface area contributed by atoms with Crippen LogP contribution in [-0.4, -0.2) is 43.4 Å². The molecule has 0 radical (unpaired) electrons. The second kappa shape index (κ2) is 8.79. The summed E-state index contributed by atoms with van der Waals surface area (Å²) in [6.45, 7) is 3.63. The van der Waals surface area contributed by atoms with Crippen LogP contribution in [0.3, 0.4) is 0 Å². The lowest BCUT2D eigenvalue weighted by molar-refractivity contribution is -0.141. The maximum Gasteiger partial charge on any atom is 0.325 e. The van der Waals surface area contributed by atoms with Gasteiger partial charge in [0, 0.05) is 10.5 Å². The fourth-order valence-electron chi connectivity index (χ4n) is 1.74. The number of rotatable bonds is 8. The molecule has 0 heterocycles. The van der Waals surface area contributed by atoms with E-state index in [9.17, 15) is 9.59 Å². The van der Waals surface area contributed by atoms with Crippen molar-refractivity contribution >= 4 is 23.6 Å². The first kappa shape index (κ1) is 19.3. The first-order chi connectivity index (χ1) is 10.8. The molecule has 1 atom stereocenters. The molecule has 7 heteroatoms. The Bertz CT molecular complexity index is 531. The summed E-state index contributed by atoms with van der Waals surface area (Å²) in [6, 6.07) is 7.00. The predicted octanol–water partition coefficient (Wildman–Crippen LogP) is 1.32. The van der Waals surface area contributed by atoms with E-state index >= 15 is 0 Å². The number of hydrogen-bond acceptors (Lipinski definition) is 6. The molecule has 0 saturated heterocycles. The number of carbonyl (C=O) groups excluding carboxylic acids is 2. The van der Waals surface area contributed by atoms with E-state index in [1.807, 2.05) is 38.1 Å². The van der Waals surface area contributed by atoms with Gasteiger partial charge in [0.05, 0.1) is 20.3 Å². The largest absolute Gasteiger partial charge is 0.497 e. The van der Waals surface area contributed by atoms with Gasteiger partial charge in [0.1, 0.15) is 12.3 Å². The molecule has 0 bridgehead atoms. The molecule has 3 N–H and O–H groups in total. The van der Waals surface area contributed by atoms with Crippen molar-refractivity contribution in [3.63, 3.8) is 0 Å². The Balaban J connectivity index is 2.55. The Labute approximate surface area is 141 Å². The zero-order valence-corrected chi connectivity index (χ0v) is 14.7. The number of methoxy groups -OCH3 is 2. The van der Waals surface area contributed by atoms with Crippen LogP contribution in [0.15, 0.2) is 24.3 Å². The van der Waals surface area contributed by atoms with E-state index in [-0.39, 0.29) is 12.5 Å². The van der Waals surface area contributed by atoms with Gasteiger partial charge < -0.3 is 20.5 Å². The number of ether oxygens (including phenoxy) is 2. The molecule has 0 aliphatic rings. The van der Waals surface area contributed by atoms with Gasteiger partial charge in [0.15, 0.2) is 0 Å². The van der Waals surface area contributed by atoms with E-state index in [0.717, 1.165) is 17.1 Å². The minimum atomic E-state index is -0.740. The molecule has 0 aliphatic heterocycles. The maximum absolute atomic E-state index is 12.0. The minimum Gasteiger partial charge on any atom is -0.497 e. The summed E-state index contributed by atoms with van der Waals surface area (Å²) in [5.74, 6) is 0.642. The molecule has 0 spiro atoms. The number of hydrogen-bond donors (Lipinski definition) is 2. The normalized spacial score (nSPS) is 12.4. The van der Waals surface area contributed by atoms with Gasteiger partial charge in [-0.2, -0.15) is 0 Å². The quantitative estimate of drug-likeness (QED) is 0.694. The molecular formula is C16H24N2O4S. The van der Waals surface area contributed by atoms with Gasteiger partial charge in [-0.3, -0.25) is 9.59 Å². The third-order valence-corrected chi connectivity index (χ3v) is 4.91. The van der Waals surface area contributed by atoms with Gasteiger partial charge in [0.25, 0.3) is 0 Å². The third kappa shape index (κ3) is 6.11. The number of nitrogens with one attached hydrogen (secondary N) is 1. The first-order valence-corrected chi connectivity index (χ1v) is 8.15. The van der Waals surface area contributed by atoms with Gasteiger partial charge in [-0.15, -0.1) is 11.8 Å².